The van der Waals surface area contributed by atoms with Crippen LogP contribution in [0.2, 0.25) is 0 Å². The quantitative estimate of drug-likeness (QED) is 0.803. The second-order valence-electron chi connectivity index (χ2n) is 4.66. The van der Waals surface area contributed by atoms with Crippen molar-refractivity contribution < 1.29 is 14.3 Å². The molecule has 5 nitrogen and oxygen atoms in total. The van der Waals surface area contributed by atoms with E-state index in [1.165, 1.54) is 0 Å². The third-order valence-corrected chi connectivity index (χ3v) is 3.30. The molecule has 5 heteroatoms. The van der Waals surface area contributed by atoms with Crippen LogP contribution in [-0.2, 0) is 14.3 Å². The molecule has 1 aliphatic rings. The Morgan fingerprint density at radius 1 is 1.47 bits per heavy atom. The van der Waals surface area contributed by atoms with Gasteiger partial charge in [0.1, 0.15) is 12.8 Å². The van der Waals surface area contributed by atoms with E-state index in [0.29, 0.717) is 13.1 Å². The number of hydrogen-bond donors (Lipinski definition) is 1. The summed E-state index contributed by atoms with van der Waals surface area (Å²) in [5.41, 5.74) is 6.85. The Morgan fingerprint density at radius 2 is 2.21 bits per heavy atom. The SMILES string of the molecule is COCO[C@H]1CCN(C(=O)[C@@H](N)c2ccccc2)C1. The molecule has 2 atom stereocenters. The highest BCUT2D eigenvalue weighted by molar-refractivity contribution is 5.83. The minimum atomic E-state index is -0.595. The van der Waals surface area contributed by atoms with Gasteiger partial charge in [0.15, 0.2) is 0 Å². The summed E-state index contributed by atoms with van der Waals surface area (Å²) in [4.78, 5) is 14.0. The van der Waals surface area contributed by atoms with E-state index in [2.05, 4.69) is 0 Å². The number of amides is 1. The first-order valence-electron chi connectivity index (χ1n) is 6.42. The monoisotopic (exact) mass is 264 g/mol. The Bertz CT molecular complexity index is 410. The van der Waals surface area contributed by atoms with Crippen LogP contribution in [0.3, 0.4) is 0 Å². The molecule has 0 unspecified atom stereocenters. The van der Waals surface area contributed by atoms with Crippen LogP contribution in [0.5, 0.6) is 0 Å². The number of nitrogens with zero attached hydrogens (tertiary/aromatic N) is 1. The average Bonchev–Trinajstić information content (AvgIpc) is 2.93. The Hall–Kier alpha value is -1.43. The van der Waals surface area contributed by atoms with Crippen molar-refractivity contribution in [3.05, 3.63) is 35.9 Å². The maximum Gasteiger partial charge on any atom is 0.244 e. The van der Waals surface area contributed by atoms with E-state index in [1.54, 1.807) is 12.0 Å². The predicted molar refractivity (Wildman–Crippen MR) is 71.3 cm³/mol. The molecule has 1 aromatic rings. The lowest BCUT2D eigenvalue weighted by Gasteiger charge is -2.21. The molecule has 104 valence electrons. The number of nitrogens with two attached hydrogens (primary N) is 1. The van der Waals surface area contributed by atoms with Gasteiger partial charge in [0.25, 0.3) is 0 Å². The van der Waals surface area contributed by atoms with Gasteiger partial charge in [-0.2, -0.15) is 0 Å². The lowest BCUT2D eigenvalue weighted by molar-refractivity contribution is -0.132. The van der Waals surface area contributed by atoms with Crippen molar-refractivity contribution >= 4 is 5.91 Å². The maximum absolute atomic E-state index is 12.3. The molecule has 0 aliphatic carbocycles. The summed E-state index contributed by atoms with van der Waals surface area (Å²) < 4.78 is 10.3. The summed E-state index contributed by atoms with van der Waals surface area (Å²) in [7, 11) is 1.59. The van der Waals surface area contributed by atoms with Gasteiger partial charge in [-0.3, -0.25) is 4.79 Å². The van der Waals surface area contributed by atoms with Gasteiger partial charge in [0, 0.05) is 20.2 Å². The molecule has 1 aliphatic heterocycles. The molecule has 0 bridgehead atoms. The third kappa shape index (κ3) is 3.53. The van der Waals surface area contributed by atoms with Crippen molar-refractivity contribution in [2.75, 3.05) is 27.0 Å². The van der Waals surface area contributed by atoms with Crippen molar-refractivity contribution in [1.29, 1.82) is 0 Å². The molecule has 1 aromatic carbocycles. The molecule has 1 heterocycles. The number of carbonyl (C=O) groups excluding carboxylic acids is 1. The first kappa shape index (κ1) is 14.0. The van der Waals surface area contributed by atoms with Crippen LogP contribution >= 0.6 is 0 Å². The normalized spacial score (nSPS) is 20.5. The summed E-state index contributed by atoms with van der Waals surface area (Å²) in [5, 5.41) is 0. The van der Waals surface area contributed by atoms with Crippen LogP contribution in [0, 0.1) is 0 Å². The molecule has 0 spiro atoms. The van der Waals surface area contributed by atoms with Crippen molar-refractivity contribution in [3.8, 4) is 0 Å². The largest absolute Gasteiger partial charge is 0.359 e. The Morgan fingerprint density at radius 3 is 2.89 bits per heavy atom. The average molecular weight is 264 g/mol. The number of hydrogen-bond acceptors (Lipinski definition) is 4. The van der Waals surface area contributed by atoms with Gasteiger partial charge in [-0.15, -0.1) is 0 Å². The fourth-order valence-electron chi connectivity index (χ4n) is 2.23. The maximum atomic E-state index is 12.3. The van der Waals surface area contributed by atoms with E-state index < -0.39 is 6.04 Å². The minimum Gasteiger partial charge on any atom is -0.359 e. The summed E-state index contributed by atoms with van der Waals surface area (Å²) >= 11 is 0. The van der Waals surface area contributed by atoms with Crippen LogP contribution in [-0.4, -0.2) is 43.9 Å². The number of likely N-dealkylation sites (tertiary alicyclic amines) is 1. The number of methoxy groups -OCH3 is 1. The smallest absolute Gasteiger partial charge is 0.244 e. The molecule has 19 heavy (non-hydrogen) atoms. The molecule has 0 radical (unpaired) electrons. The zero-order valence-corrected chi connectivity index (χ0v) is 11.1. The number of benzene rings is 1. The Labute approximate surface area is 113 Å². The zero-order chi connectivity index (χ0) is 13.7. The van der Waals surface area contributed by atoms with Gasteiger partial charge in [0.05, 0.1) is 6.10 Å². The standard InChI is InChI=1S/C14H20N2O3/c1-18-10-19-12-7-8-16(9-12)14(17)13(15)11-5-3-2-4-6-11/h2-6,12-13H,7-10,15H2,1H3/t12-,13-/m0/s1. The van der Waals surface area contributed by atoms with Crippen molar-refractivity contribution in [2.45, 2.75) is 18.6 Å². The van der Waals surface area contributed by atoms with Gasteiger partial charge in [-0.1, -0.05) is 30.3 Å². The first-order valence-corrected chi connectivity index (χ1v) is 6.42. The van der Waals surface area contributed by atoms with E-state index in [9.17, 15) is 4.79 Å². The van der Waals surface area contributed by atoms with Gasteiger partial charge in [-0.25, -0.2) is 0 Å². The fourth-order valence-corrected chi connectivity index (χ4v) is 2.23. The van der Waals surface area contributed by atoms with Crippen LogP contribution in [0.15, 0.2) is 30.3 Å². The summed E-state index contributed by atoms with van der Waals surface area (Å²) in [6, 6.07) is 8.83. The fraction of sp³-hybridized carbons (Fsp3) is 0.500. The van der Waals surface area contributed by atoms with E-state index in [4.69, 9.17) is 15.2 Å². The second kappa shape index (κ2) is 6.65. The van der Waals surface area contributed by atoms with E-state index >= 15 is 0 Å². The third-order valence-electron chi connectivity index (χ3n) is 3.30. The second-order valence-corrected chi connectivity index (χ2v) is 4.66. The van der Waals surface area contributed by atoms with Crippen LogP contribution < -0.4 is 5.73 Å². The summed E-state index contributed by atoms with van der Waals surface area (Å²) in [5.74, 6) is -0.0466. The molecule has 1 saturated heterocycles. The molecule has 2 N–H and O–H groups in total. The predicted octanol–water partition coefficient (Wildman–Crippen LogP) is 0.908. The van der Waals surface area contributed by atoms with Gasteiger partial charge in [0.2, 0.25) is 5.91 Å². The lowest BCUT2D eigenvalue weighted by atomic mass is 10.1. The van der Waals surface area contributed by atoms with Gasteiger partial charge in [-0.05, 0) is 12.0 Å². The highest BCUT2D eigenvalue weighted by atomic mass is 16.7. The molecule has 1 amide bonds. The molecule has 0 saturated carbocycles. The van der Waals surface area contributed by atoms with Crippen molar-refractivity contribution in [1.82, 2.24) is 4.90 Å². The van der Waals surface area contributed by atoms with E-state index in [0.717, 1.165) is 12.0 Å². The first-order chi connectivity index (χ1) is 9.22. The number of rotatable bonds is 5. The topological polar surface area (TPSA) is 64.8 Å². The van der Waals surface area contributed by atoms with Crippen molar-refractivity contribution in [2.24, 2.45) is 5.73 Å². The number of carbonyl (C=O) groups is 1. The van der Waals surface area contributed by atoms with Crippen molar-refractivity contribution in [3.63, 3.8) is 0 Å². The number of ether oxygens (including phenoxy) is 2. The lowest BCUT2D eigenvalue weighted by Crippen LogP contribution is -2.37. The molecule has 2 rings (SSSR count). The Balaban J connectivity index is 1.90. The summed E-state index contributed by atoms with van der Waals surface area (Å²) in [6.45, 7) is 1.54. The highest BCUT2D eigenvalue weighted by Gasteiger charge is 2.30. The zero-order valence-electron chi connectivity index (χ0n) is 11.1. The summed E-state index contributed by atoms with van der Waals surface area (Å²) in [6.07, 6.45) is 0.878. The van der Waals surface area contributed by atoms with Gasteiger partial charge >= 0.3 is 0 Å². The van der Waals surface area contributed by atoms with Crippen LogP contribution in [0.1, 0.15) is 18.0 Å². The van der Waals surface area contributed by atoms with E-state index in [1.807, 2.05) is 30.3 Å². The highest BCUT2D eigenvalue weighted by Crippen LogP contribution is 2.18. The van der Waals surface area contributed by atoms with Gasteiger partial charge < -0.3 is 20.1 Å². The van der Waals surface area contributed by atoms with Crippen LogP contribution in [0.25, 0.3) is 0 Å². The Kier molecular flexibility index (Phi) is 4.90. The minimum absolute atomic E-state index is 0.0466. The molecule has 0 aromatic heterocycles. The molecular weight excluding hydrogens is 244 g/mol. The molecular formula is C14H20N2O3. The molecule has 1 fully saturated rings. The van der Waals surface area contributed by atoms with Crippen LogP contribution in [0.4, 0.5) is 0 Å². The van der Waals surface area contributed by atoms with E-state index in [-0.39, 0.29) is 18.8 Å².